The highest BCUT2D eigenvalue weighted by atomic mass is 19.4. The maximum Gasteiger partial charge on any atom is 0.416 e. The lowest BCUT2D eigenvalue weighted by atomic mass is 10.2. The summed E-state index contributed by atoms with van der Waals surface area (Å²) in [5, 5.41) is 17.9. The van der Waals surface area contributed by atoms with Crippen molar-refractivity contribution in [2.45, 2.75) is 6.18 Å². The van der Waals surface area contributed by atoms with Gasteiger partial charge in [0.2, 0.25) is 5.95 Å². The molecular weight excluding hydrogens is 353 g/mol. The van der Waals surface area contributed by atoms with Crippen LogP contribution >= 0.6 is 0 Å². The van der Waals surface area contributed by atoms with Gasteiger partial charge in [0.1, 0.15) is 5.82 Å². The van der Waals surface area contributed by atoms with Gasteiger partial charge in [0.25, 0.3) is 5.91 Å². The minimum absolute atomic E-state index is 0.0155. The monoisotopic (exact) mass is 366 g/mol. The summed E-state index contributed by atoms with van der Waals surface area (Å²) in [6.07, 6.45) is -1.75. The van der Waals surface area contributed by atoms with Crippen LogP contribution in [0.15, 0.2) is 36.7 Å². The van der Waals surface area contributed by atoms with E-state index in [1.165, 1.54) is 18.5 Å². The molecule has 0 bridgehead atoms. The van der Waals surface area contributed by atoms with Crippen LogP contribution in [0.25, 0.3) is 5.65 Å². The average Bonchev–Trinajstić information content (AvgIpc) is 3.02. The molecule has 0 unspecified atom stereocenters. The molecule has 26 heavy (non-hydrogen) atoms. The minimum Gasteiger partial charge on any atom is -0.395 e. The predicted molar refractivity (Wildman–Crippen MR) is 85.8 cm³/mol. The van der Waals surface area contributed by atoms with Crippen LogP contribution in [-0.4, -0.2) is 43.7 Å². The van der Waals surface area contributed by atoms with Crippen LogP contribution in [0.3, 0.4) is 0 Å². The van der Waals surface area contributed by atoms with Gasteiger partial charge >= 0.3 is 6.18 Å². The Bertz CT molecular complexity index is 926. The number of fused-ring (bicyclic) bond motifs is 1. The fourth-order valence-electron chi connectivity index (χ4n) is 2.18. The zero-order valence-electron chi connectivity index (χ0n) is 13.2. The average molecular weight is 366 g/mol. The molecule has 0 fully saturated rings. The van der Waals surface area contributed by atoms with E-state index in [2.05, 4.69) is 25.7 Å². The van der Waals surface area contributed by atoms with Crippen LogP contribution in [0.2, 0.25) is 0 Å². The number of aliphatic hydroxyl groups is 1. The molecule has 0 saturated heterocycles. The van der Waals surface area contributed by atoms with Gasteiger partial charge in [0, 0.05) is 18.9 Å². The lowest BCUT2D eigenvalue weighted by molar-refractivity contribution is -0.137. The smallest absolute Gasteiger partial charge is 0.395 e. The molecule has 0 radical (unpaired) electrons. The van der Waals surface area contributed by atoms with Crippen molar-refractivity contribution in [3.05, 3.63) is 47.8 Å². The molecule has 3 heterocycles. The van der Waals surface area contributed by atoms with E-state index in [1.807, 2.05) is 0 Å². The zero-order chi connectivity index (χ0) is 18.7. The van der Waals surface area contributed by atoms with Gasteiger partial charge in [0.15, 0.2) is 5.65 Å². The summed E-state index contributed by atoms with van der Waals surface area (Å²) in [4.78, 5) is 19.8. The number of aromatic nitrogens is 4. The van der Waals surface area contributed by atoms with Crippen molar-refractivity contribution in [1.29, 1.82) is 0 Å². The third kappa shape index (κ3) is 3.72. The van der Waals surface area contributed by atoms with Gasteiger partial charge < -0.3 is 10.4 Å². The molecule has 1 amide bonds. The van der Waals surface area contributed by atoms with E-state index in [4.69, 9.17) is 5.11 Å². The van der Waals surface area contributed by atoms with Crippen LogP contribution in [0.1, 0.15) is 15.9 Å². The van der Waals surface area contributed by atoms with E-state index >= 15 is 0 Å². The van der Waals surface area contributed by atoms with Crippen LogP contribution in [0, 0.1) is 0 Å². The lowest BCUT2D eigenvalue weighted by Crippen LogP contribution is -2.14. The molecule has 3 aromatic rings. The number of carbonyl (C=O) groups excluding carboxylic acids is 1. The molecule has 0 aliphatic heterocycles. The van der Waals surface area contributed by atoms with E-state index in [0.29, 0.717) is 0 Å². The summed E-state index contributed by atoms with van der Waals surface area (Å²) in [6, 6.07) is 4.76. The van der Waals surface area contributed by atoms with Crippen molar-refractivity contribution in [1.82, 2.24) is 19.6 Å². The van der Waals surface area contributed by atoms with Crippen LogP contribution in [-0.2, 0) is 6.18 Å². The van der Waals surface area contributed by atoms with Gasteiger partial charge in [-0.1, -0.05) is 0 Å². The standard InChI is InChI=1S/C15H13F3N6O2/c16-15(17,18)10-6-11(20-4-5-25)24-12(7-10)21-14(23-24)22-13(26)9-2-1-3-19-8-9/h1-3,6-8,20,25H,4-5H2,(H,22,23,26). The van der Waals surface area contributed by atoms with Crippen molar-refractivity contribution in [3.63, 3.8) is 0 Å². The fraction of sp³-hybridized carbons (Fsp3) is 0.200. The molecule has 0 aliphatic carbocycles. The third-order valence-corrected chi connectivity index (χ3v) is 3.33. The Morgan fingerprint density at radius 3 is 2.77 bits per heavy atom. The molecule has 0 spiro atoms. The Labute approximate surface area is 144 Å². The normalized spacial score (nSPS) is 11.5. The summed E-state index contributed by atoms with van der Waals surface area (Å²) in [5.41, 5.74) is -0.786. The number of hydrogen-bond donors (Lipinski definition) is 3. The number of anilines is 2. The Morgan fingerprint density at radius 1 is 1.31 bits per heavy atom. The second-order valence-electron chi connectivity index (χ2n) is 5.18. The fourth-order valence-corrected chi connectivity index (χ4v) is 2.18. The molecule has 136 valence electrons. The first-order valence-corrected chi connectivity index (χ1v) is 7.42. The summed E-state index contributed by atoms with van der Waals surface area (Å²) < 4.78 is 40.2. The van der Waals surface area contributed by atoms with Crippen molar-refractivity contribution in [2.75, 3.05) is 23.8 Å². The van der Waals surface area contributed by atoms with Gasteiger partial charge in [-0.15, -0.1) is 5.10 Å². The number of halogens is 3. The molecule has 0 atom stereocenters. The van der Waals surface area contributed by atoms with Crippen molar-refractivity contribution < 1.29 is 23.1 Å². The SMILES string of the molecule is O=C(Nc1nc2cc(C(F)(F)F)cc(NCCO)n2n1)c1cccnc1. The molecule has 3 aromatic heterocycles. The highest BCUT2D eigenvalue weighted by Gasteiger charge is 2.32. The topological polar surface area (TPSA) is 104 Å². The van der Waals surface area contributed by atoms with E-state index in [0.717, 1.165) is 16.6 Å². The molecule has 0 aromatic carbocycles. The number of alkyl halides is 3. The lowest BCUT2D eigenvalue weighted by Gasteiger charge is -2.11. The van der Waals surface area contributed by atoms with Crippen molar-refractivity contribution in [3.8, 4) is 0 Å². The second-order valence-corrected chi connectivity index (χ2v) is 5.18. The van der Waals surface area contributed by atoms with Gasteiger partial charge in [-0.2, -0.15) is 22.7 Å². The quantitative estimate of drug-likeness (QED) is 0.636. The third-order valence-electron chi connectivity index (χ3n) is 3.33. The maximum absolute atomic E-state index is 13.0. The van der Waals surface area contributed by atoms with E-state index in [1.54, 1.807) is 6.07 Å². The first-order chi connectivity index (χ1) is 12.4. The zero-order valence-corrected chi connectivity index (χ0v) is 13.2. The highest BCUT2D eigenvalue weighted by Crippen LogP contribution is 2.32. The van der Waals surface area contributed by atoms with Crippen molar-refractivity contribution in [2.24, 2.45) is 0 Å². The summed E-state index contributed by atoms with van der Waals surface area (Å²) in [6.45, 7) is -0.259. The number of aliphatic hydroxyl groups excluding tert-OH is 1. The number of nitrogens with one attached hydrogen (secondary N) is 2. The summed E-state index contributed by atoms with van der Waals surface area (Å²) in [7, 11) is 0. The Morgan fingerprint density at radius 2 is 2.12 bits per heavy atom. The number of rotatable bonds is 5. The van der Waals surface area contributed by atoms with Crippen LogP contribution < -0.4 is 10.6 Å². The molecule has 0 saturated carbocycles. The molecule has 3 rings (SSSR count). The molecule has 11 heteroatoms. The van der Waals surface area contributed by atoms with Gasteiger partial charge in [-0.3, -0.25) is 15.1 Å². The van der Waals surface area contributed by atoms with Gasteiger partial charge in [-0.05, 0) is 24.3 Å². The number of pyridine rings is 2. The Hall–Kier alpha value is -3.21. The Kier molecular flexibility index (Phi) is 4.71. The first-order valence-electron chi connectivity index (χ1n) is 7.42. The highest BCUT2D eigenvalue weighted by molar-refractivity contribution is 6.03. The number of hydrogen-bond acceptors (Lipinski definition) is 6. The summed E-state index contributed by atoms with van der Waals surface area (Å²) >= 11 is 0. The molecule has 0 aliphatic rings. The predicted octanol–water partition coefficient (Wildman–Crippen LogP) is 1.80. The maximum atomic E-state index is 13.0. The van der Waals surface area contributed by atoms with Crippen LogP contribution in [0.5, 0.6) is 0 Å². The van der Waals surface area contributed by atoms with Crippen LogP contribution in [0.4, 0.5) is 24.9 Å². The molecular formula is C15H13F3N6O2. The first kappa shape index (κ1) is 17.6. The summed E-state index contributed by atoms with van der Waals surface area (Å²) in [5.74, 6) is -0.724. The minimum atomic E-state index is -4.58. The number of carbonyl (C=O) groups is 1. The number of amides is 1. The molecule has 8 nitrogen and oxygen atoms in total. The largest absolute Gasteiger partial charge is 0.416 e. The number of nitrogens with zero attached hydrogens (tertiary/aromatic N) is 4. The second kappa shape index (κ2) is 6.96. The van der Waals surface area contributed by atoms with E-state index in [-0.39, 0.29) is 36.1 Å². The molecule has 3 N–H and O–H groups in total. The van der Waals surface area contributed by atoms with Gasteiger partial charge in [-0.25, -0.2) is 0 Å². The van der Waals surface area contributed by atoms with Crippen molar-refractivity contribution >= 4 is 23.3 Å². The van der Waals surface area contributed by atoms with Gasteiger partial charge in [0.05, 0.1) is 17.7 Å². The Balaban J connectivity index is 1.97. The van der Waals surface area contributed by atoms with E-state index in [9.17, 15) is 18.0 Å². The van der Waals surface area contributed by atoms with E-state index < -0.39 is 17.6 Å².